The molecule has 0 aliphatic rings. The molecule has 4 rings (SSSR count). The standard InChI is InChI=1S/C17H14N6O/c1-24-13-5-2-4-12(10-13)14-6-9-20-23-16(14)15(11-21-23)22-17-18-7-3-8-19-17/h2-11H,1H3,(H,18,19,22). The fourth-order valence-electron chi connectivity index (χ4n) is 2.53. The second kappa shape index (κ2) is 5.96. The van der Waals surface area contributed by atoms with Gasteiger partial charge >= 0.3 is 0 Å². The van der Waals surface area contributed by atoms with E-state index in [-0.39, 0.29) is 0 Å². The Morgan fingerprint density at radius 1 is 1.00 bits per heavy atom. The lowest BCUT2D eigenvalue weighted by Crippen LogP contribution is -1.98. The number of hydrogen-bond acceptors (Lipinski definition) is 6. The number of nitrogens with zero attached hydrogens (tertiary/aromatic N) is 5. The van der Waals surface area contributed by atoms with Crippen molar-refractivity contribution in [3.63, 3.8) is 0 Å². The van der Waals surface area contributed by atoms with Crippen molar-refractivity contribution < 1.29 is 4.74 Å². The molecule has 7 nitrogen and oxygen atoms in total. The SMILES string of the molecule is COc1cccc(-c2ccnn3ncc(Nc4ncccn4)c23)c1. The summed E-state index contributed by atoms with van der Waals surface area (Å²) in [4.78, 5) is 8.38. The number of aromatic nitrogens is 5. The maximum absolute atomic E-state index is 5.32. The molecule has 0 saturated heterocycles. The first kappa shape index (κ1) is 14.1. The lowest BCUT2D eigenvalue weighted by molar-refractivity contribution is 0.415. The van der Waals surface area contributed by atoms with Gasteiger partial charge < -0.3 is 10.1 Å². The minimum Gasteiger partial charge on any atom is -0.497 e. The summed E-state index contributed by atoms with van der Waals surface area (Å²) >= 11 is 0. The quantitative estimate of drug-likeness (QED) is 0.623. The normalized spacial score (nSPS) is 10.7. The Bertz CT molecular complexity index is 983. The molecule has 24 heavy (non-hydrogen) atoms. The van der Waals surface area contributed by atoms with Crippen molar-refractivity contribution in [3.8, 4) is 16.9 Å². The van der Waals surface area contributed by atoms with E-state index in [4.69, 9.17) is 4.74 Å². The second-order valence-corrected chi connectivity index (χ2v) is 5.07. The summed E-state index contributed by atoms with van der Waals surface area (Å²) in [6, 6.07) is 11.6. The molecule has 0 bridgehead atoms. The van der Waals surface area contributed by atoms with Crippen LogP contribution in [0.4, 0.5) is 11.6 Å². The lowest BCUT2D eigenvalue weighted by Gasteiger charge is -2.08. The van der Waals surface area contributed by atoms with Crippen molar-refractivity contribution in [3.05, 3.63) is 61.2 Å². The molecule has 3 aromatic heterocycles. The van der Waals surface area contributed by atoms with Gasteiger partial charge in [-0.3, -0.25) is 0 Å². The Hall–Kier alpha value is -3.48. The van der Waals surface area contributed by atoms with E-state index in [1.807, 2.05) is 30.3 Å². The highest BCUT2D eigenvalue weighted by atomic mass is 16.5. The van der Waals surface area contributed by atoms with Crippen LogP contribution in [-0.4, -0.2) is 31.9 Å². The largest absolute Gasteiger partial charge is 0.497 e. The molecule has 0 aliphatic carbocycles. The van der Waals surface area contributed by atoms with Gasteiger partial charge in [-0.25, -0.2) is 9.97 Å². The van der Waals surface area contributed by atoms with Gasteiger partial charge in [0, 0.05) is 18.0 Å². The van der Waals surface area contributed by atoms with Crippen molar-refractivity contribution in [1.82, 2.24) is 24.8 Å². The number of nitrogens with one attached hydrogen (secondary N) is 1. The highest BCUT2D eigenvalue weighted by molar-refractivity contribution is 5.90. The Kier molecular flexibility index (Phi) is 3.51. The topological polar surface area (TPSA) is 77.2 Å². The van der Waals surface area contributed by atoms with Crippen molar-refractivity contribution in [2.24, 2.45) is 0 Å². The maximum Gasteiger partial charge on any atom is 0.227 e. The molecule has 118 valence electrons. The predicted octanol–water partition coefficient (Wildman–Crippen LogP) is 2.94. The number of rotatable bonds is 4. The van der Waals surface area contributed by atoms with Gasteiger partial charge in [0.05, 0.1) is 25.2 Å². The molecule has 0 unspecified atom stereocenters. The summed E-state index contributed by atoms with van der Waals surface area (Å²) in [5.74, 6) is 1.30. The van der Waals surface area contributed by atoms with Crippen LogP contribution in [0.2, 0.25) is 0 Å². The predicted molar refractivity (Wildman–Crippen MR) is 90.3 cm³/mol. The van der Waals surface area contributed by atoms with Gasteiger partial charge in [-0.05, 0) is 29.8 Å². The zero-order valence-electron chi connectivity index (χ0n) is 12.9. The van der Waals surface area contributed by atoms with E-state index >= 15 is 0 Å². The highest BCUT2D eigenvalue weighted by Crippen LogP contribution is 2.31. The molecule has 0 amide bonds. The monoisotopic (exact) mass is 318 g/mol. The summed E-state index contributed by atoms with van der Waals surface area (Å²) in [7, 11) is 1.65. The third-order valence-electron chi connectivity index (χ3n) is 3.62. The molecule has 1 aromatic carbocycles. The number of methoxy groups -OCH3 is 1. The average Bonchev–Trinajstić information content (AvgIpc) is 3.06. The van der Waals surface area contributed by atoms with E-state index in [2.05, 4.69) is 25.5 Å². The minimum absolute atomic E-state index is 0.507. The van der Waals surface area contributed by atoms with Gasteiger partial charge in [-0.1, -0.05) is 12.1 Å². The Morgan fingerprint density at radius 2 is 1.88 bits per heavy atom. The van der Waals surface area contributed by atoms with Gasteiger partial charge in [0.2, 0.25) is 5.95 Å². The number of ether oxygens (including phenoxy) is 1. The van der Waals surface area contributed by atoms with E-state index < -0.39 is 0 Å². The van der Waals surface area contributed by atoms with E-state index in [1.54, 1.807) is 42.6 Å². The van der Waals surface area contributed by atoms with Crippen LogP contribution in [0.15, 0.2) is 61.2 Å². The van der Waals surface area contributed by atoms with Crippen LogP contribution < -0.4 is 10.1 Å². The number of fused-ring (bicyclic) bond motifs is 1. The second-order valence-electron chi connectivity index (χ2n) is 5.07. The van der Waals surface area contributed by atoms with E-state index in [1.165, 1.54) is 0 Å². The Morgan fingerprint density at radius 3 is 2.71 bits per heavy atom. The van der Waals surface area contributed by atoms with Crippen LogP contribution in [0.5, 0.6) is 5.75 Å². The first-order valence-electron chi connectivity index (χ1n) is 7.36. The zero-order chi connectivity index (χ0) is 16.4. The molecule has 0 atom stereocenters. The van der Waals surface area contributed by atoms with E-state index in [0.717, 1.165) is 28.1 Å². The molecule has 4 aromatic rings. The van der Waals surface area contributed by atoms with Crippen molar-refractivity contribution in [2.45, 2.75) is 0 Å². The van der Waals surface area contributed by atoms with E-state index in [0.29, 0.717) is 5.95 Å². The first-order chi connectivity index (χ1) is 11.8. The van der Waals surface area contributed by atoms with Gasteiger partial charge in [0.15, 0.2) is 0 Å². The third-order valence-corrected chi connectivity index (χ3v) is 3.62. The smallest absolute Gasteiger partial charge is 0.227 e. The molecule has 0 spiro atoms. The Labute approximate surface area is 138 Å². The van der Waals surface area contributed by atoms with Crippen LogP contribution in [-0.2, 0) is 0 Å². The van der Waals surface area contributed by atoms with Gasteiger partial charge in [-0.2, -0.15) is 10.2 Å². The molecule has 0 saturated carbocycles. The molecule has 7 heteroatoms. The minimum atomic E-state index is 0.507. The number of benzene rings is 1. The molecule has 0 aliphatic heterocycles. The molecule has 3 heterocycles. The van der Waals surface area contributed by atoms with Gasteiger partial charge in [0.25, 0.3) is 0 Å². The zero-order valence-corrected chi connectivity index (χ0v) is 12.9. The van der Waals surface area contributed by atoms with Crippen LogP contribution in [0.1, 0.15) is 0 Å². The van der Waals surface area contributed by atoms with Gasteiger partial charge in [0.1, 0.15) is 11.3 Å². The maximum atomic E-state index is 5.32. The lowest BCUT2D eigenvalue weighted by atomic mass is 10.1. The Balaban J connectivity index is 1.85. The summed E-state index contributed by atoms with van der Waals surface area (Å²) < 4.78 is 6.91. The van der Waals surface area contributed by atoms with Gasteiger partial charge in [-0.15, -0.1) is 4.63 Å². The van der Waals surface area contributed by atoms with Crippen molar-refractivity contribution in [1.29, 1.82) is 0 Å². The summed E-state index contributed by atoms with van der Waals surface area (Å²) in [6.07, 6.45) is 6.80. The fourth-order valence-corrected chi connectivity index (χ4v) is 2.53. The van der Waals surface area contributed by atoms with Crippen LogP contribution in [0.3, 0.4) is 0 Å². The van der Waals surface area contributed by atoms with Crippen molar-refractivity contribution >= 4 is 17.2 Å². The third kappa shape index (κ3) is 2.52. The summed E-state index contributed by atoms with van der Waals surface area (Å²) in [6.45, 7) is 0. The molecular formula is C17H14N6O. The van der Waals surface area contributed by atoms with Crippen LogP contribution in [0, 0.1) is 0 Å². The number of anilines is 2. The highest BCUT2D eigenvalue weighted by Gasteiger charge is 2.13. The summed E-state index contributed by atoms with van der Waals surface area (Å²) in [5, 5.41) is 11.8. The van der Waals surface area contributed by atoms with Crippen LogP contribution in [0.25, 0.3) is 16.6 Å². The summed E-state index contributed by atoms with van der Waals surface area (Å²) in [5.41, 5.74) is 3.63. The average molecular weight is 318 g/mol. The first-order valence-corrected chi connectivity index (χ1v) is 7.36. The van der Waals surface area contributed by atoms with Crippen molar-refractivity contribution in [2.75, 3.05) is 12.4 Å². The fraction of sp³-hybridized carbons (Fsp3) is 0.0588. The molecule has 1 N–H and O–H groups in total. The molecule has 0 fully saturated rings. The molecule has 0 radical (unpaired) electrons. The number of hydrogen-bond donors (Lipinski definition) is 1. The van der Waals surface area contributed by atoms with Crippen LogP contribution >= 0.6 is 0 Å². The molecular weight excluding hydrogens is 304 g/mol. The van der Waals surface area contributed by atoms with E-state index in [9.17, 15) is 0 Å².